The standard InChI is InChI=1S/C14H16ClN3O2S/c1-3-8-18-13(19)7-4-10(17-18)14(20)16-9(2)11-5-6-12(15)21-11/h4-7,9H,3,8H2,1-2H3,(H,16,20). The normalized spacial score (nSPS) is 12.1. The zero-order chi connectivity index (χ0) is 15.4. The minimum Gasteiger partial charge on any atom is -0.343 e. The molecule has 0 fully saturated rings. The summed E-state index contributed by atoms with van der Waals surface area (Å²) in [5.41, 5.74) is 0.0315. The van der Waals surface area contributed by atoms with Crippen molar-refractivity contribution in [2.75, 3.05) is 0 Å². The number of carbonyl (C=O) groups is 1. The van der Waals surface area contributed by atoms with Gasteiger partial charge in [-0.1, -0.05) is 18.5 Å². The van der Waals surface area contributed by atoms with Crippen molar-refractivity contribution in [2.45, 2.75) is 32.9 Å². The van der Waals surface area contributed by atoms with Crippen LogP contribution in [0.5, 0.6) is 0 Å². The zero-order valence-corrected chi connectivity index (χ0v) is 13.4. The van der Waals surface area contributed by atoms with Crippen LogP contribution in [0.1, 0.15) is 41.7 Å². The van der Waals surface area contributed by atoms with Gasteiger partial charge in [0.15, 0.2) is 0 Å². The molecule has 1 amide bonds. The van der Waals surface area contributed by atoms with Gasteiger partial charge in [0, 0.05) is 17.5 Å². The maximum Gasteiger partial charge on any atom is 0.272 e. The van der Waals surface area contributed by atoms with Crippen LogP contribution >= 0.6 is 22.9 Å². The molecule has 112 valence electrons. The van der Waals surface area contributed by atoms with Gasteiger partial charge in [0.25, 0.3) is 11.5 Å². The molecule has 0 aliphatic rings. The molecule has 1 N–H and O–H groups in total. The van der Waals surface area contributed by atoms with E-state index in [1.165, 1.54) is 28.2 Å². The lowest BCUT2D eigenvalue weighted by molar-refractivity contribution is 0.0932. The summed E-state index contributed by atoms with van der Waals surface area (Å²) in [6.07, 6.45) is 0.780. The van der Waals surface area contributed by atoms with Crippen LogP contribution in [0.15, 0.2) is 29.1 Å². The molecule has 0 aliphatic heterocycles. The van der Waals surface area contributed by atoms with Crippen molar-refractivity contribution in [2.24, 2.45) is 0 Å². The van der Waals surface area contributed by atoms with Gasteiger partial charge in [-0.05, 0) is 31.5 Å². The van der Waals surface area contributed by atoms with Crippen LogP contribution in [-0.2, 0) is 6.54 Å². The highest BCUT2D eigenvalue weighted by atomic mass is 35.5. The van der Waals surface area contributed by atoms with Crippen molar-refractivity contribution in [3.8, 4) is 0 Å². The fraction of sp³-hybridized carbons (Fsp3) is 0.357. The lowest BCUT2D eigenvalue weighted by atomic mass is 10.2. The second kappa shape index (κ2) is 6.87. The molecule has 5 nitrogen and oxygen atoms in total. The van der Waals surface area contributed by atoms with Crippen LogP contribution in [0.25, 0.3) is 0 Å². The van der Waals surface area contributed by atoms with Crippen LogP contribution in [-0.4, -0.2) is 15.7 Å². The van der Waals surface area contributed by atoms with E-state index in [0.717, 1.165) is 11.3 Å². The van der Waals surface area contributed by atoms with Gasteiger partial charge in [-0.2, -0.15) is 5.10 Å². The molecule has 2 rings (SSSR count). The van der Waals surface area contributed by atoms with Gasteiger partial charge in [0.1, 0.15) is 5.69 Å². The van der Waals surface area contributed by atoms with Gasteiger partial charge in [-0.25, -0.2) is 4.68 Å². The average Bonchev–Trinajstić information content (AvgIpc) is 2.88. The fourth-order valence-electron chi connectivity index (χ4n) is 1.84. The molecule has 0 bridgehead atoms. The Hall–Kier alpha value is -1.66. The molecule has 1 unspecified atom stereocenters. The highest BCUT2D eigenvalue weighted by Gasteiger charge is 2.15. The predicted octanol–water partition coefficient (Wildman–Crippen LogP) is 2.86. The smallest absolute Gasteiger partial charge is 0.272 e. The number of amides is 1. The van der Waals surface area contributed by atoms with E-state index in [4.69, 9.17) is 11.6 Å². The number of nitrogens with zero attached hydrogens (tertiary/aromatic N) is 2. The van der Waals surface area contributed by atoms with E-state index in [0.29, 0.717) is 10.9 Å². The fourth-order valence-corrected chi connectivity index (χ4v) is 2.91. The molecule has 1 atom stereocenters. The summed E-state index contributed by atoms with van der Waals surface area (Å²) in [7, 11) is 0. The van der Waals surface area contributed by atoms with E-state index in [1.807, 2.05) is 19.9 Å². The minimum atomic E-state index is -0.308. The highest BCUT2D eigenvalue weighted by molar-refractivity contribution is 7.16. The third-order valence-corrected chi connectivity index (χ3v) is 4.32. The lowest BCUT2D eigenvalue weighted by Crippen LogP contribution is -2.30. The molecule has 0 saturated carbocycles. The van der Waals surface area contributed by atoms with Crippen LogP contribution in [0.3, 0.4) is 0 Å². The molecule has 0 saturated heterocycles. The van der Waals surface area contributed by atoms with Crippen molar-refractivity contribution in [1.29, 1.82) is 0 Å². The van der Waals surface area contributed by atoms with Crippen molar-refractivity contribution in [3.63, 3.8) is 0 Å². The van der Waals surface area contributed by atoms with Gasteiger partial charge in [0.05, 0.1) is 10.4 Å². The predicted molar refractivity (Wildman–Crippen MR) is 84.0 cm³/mol. The zero-order valence-electron chi connectivity index (χ0n) is 11.8. The summed E-state index contributed by atoms with van der Waals surface area (Å²) >= 11 is 7.31. The second-order valence-electron chi connectivity index (χ2n) is 4.62. The molecule has 0 aliphatic carbocycles. The maximum absolute atomic E-state index is 12.2. The van der Waals surface area contributed by atoms with Gasteiger partial charge in [-0.3, -0.25) is 9.59 Å². The minimum absolute atomic E-state index is 0.164. The Morgan fingerprint density at radius 3 is 2.81 bits per heavy atom. The first-order valence-corrected chi connectivity index (χ1v) is 7.85. The first-order chi connectivity index (χ1) is 10.0. The van der Waals surface area contributed by atoms with Gasteiger partial charge in [0.2, 0.25) is 0 Å². The molecule has 2 aromatic rings. The SMILES string of the molecule is CCCn1nc(C(=O)NC(C)c2ccc(Cl)s2)ccc1=O. The van der Waals surface area contributed by atoms with Crippen LogP contribution in [0.4, 0.5) is 0 Å². The summed E-state index contributed by atoms with van der Waals surface area (Å²) in [6.45, 7) is 4.32. The van der Waals surface area contributed by atoms with Crippen LogP contribution < -0.4 is 10.9 Å². The Labute approximate surface area is 131 Å². The van der Waals surface area contributed by atoms with E-state index in [1.54, 1.807) is 6.07 Å². The van der Waals surface area contributed by atoms with E-state index in [2.05, 4.69) is 10.4 Å². The number of hydrogen-bond donors (Lipinski definition) is 1. The first kappa shape index (κ1) is 15.7. The number of carbonyl (C=O) groups excluding carboxylic acids is 1. The third-order valence-electron chi connectivity index (χ3n) is 2.90. The first-order valence-electron chi connectivity index (χ1n) is 6.65. The number of aryl methyl sites for hydroxylation is 1. The van der Waals surface area contributed by atoms with Crippen LogP contribution in [0.2, 0.25) is 4.34 Å². The number of halogens is 1. The Balaban J connectivity index is 2.13. The molecule has 7 heteroatoms. The molecular formula is C14H16ClN3O2S. The average molecular weight is 326 g/mol. The Kier molecular flexibility index (Phi) is 5.14. The summed E-state index contributed by atoms with van der Waals surface area (Å²) in [4.78, 5) is 24.7. The quantitative estimate of drug-likeness (QED) is 0.919. The summed E-state index contributed by atoms with van der Waals surface area (Å²) in [6, 6.07) is 6.32. The van der Waals surface area contributed by atoms with Crippen molar-refractivity contribution < 1.29 is 4.79 Å². The summed E-state index contributed by atoms with van der Waals surface area (Å²) in [5, 5.41) is 6.93. The van der Waals surface area contributed by atoms with E-state index < -0.39 is 0 Å². The number of aromatic nitrogens is 2. The number of thiophene rings is 1. The molecule has 0 radical (unpaired) electrons. The topological polar surface area (TPSA) is 64.0 Å². The Bertz CT molecular complexity index is 696. The van der Waals surface area contributed by atoms with E-state index in [9.17, 15) is 9.59 Å². The molecule has 0 aromatic carbocycles. The maximum atomic E-state index is 12.2. The molecule has 2 heterocycles. The van der Waals surface area contributed by atoms with E-state index >= 15 is 0 Å². The Morgan fingerprint density at radius 2 is 2.19 bits per heavy atom. The highest BCUT2D eigenvalue weighted by Crippen LogP contribution is 2.26. The molecule has 0 spiro atoms. The monoisotopic (exact) mass is 325 g/mol. The Morgan fingerprint density at radius 1 is 1.43 bits per heavy atom. The second-order valence-corrected chi connectivity index (χ2v) is 6.36. The summed E-state index contributed by atoms with van der Waals surface area (Å²) in [5.74, 6) is -0.308. The summed E-state index contributed by atoms with van der Waals surface area (Å²) < 4.78 is 1.99. The van der Waals surface area contributed by atoms with Crippen LogP contribution in [0, 0.1) is 0 Å². The van der Waals surface area contributed by atoms with Crippen molar-refractivity contribution in [1.82, 2.24) is 15.1 Å². The van der Waals surface area contributed by atoms with Gasteiger partial charge in [-0.15, -0.1) is 11.3 Å². The van der Waals surface area contributed by atoms with E-state index in [-0.39, 0.29) is 23.2 Å². The third kappa shape index (κ3) is 3.92. The largest absolute Gasteiger partial charge is 0.343 e. The molecule has 21 heavy (non-hydrogen) atoms. The van der Waals surface area contributed by atoms with Gasteiger partial charge < -0.3 is 5.32 Å². The number of nitrogens with one attached hydrogen (secondary N) is 1. The van der Waals surface area contributed by atoms with Gasteiger partial charge >= 0.3 is 0 Å². The molecular weight excluding hydrogens is 310 g/mol. The van der Waals surface area contributed by atoms with Crippen molar-refractivity contribution in [3.05, 3.63) is 49.5 Å². The number of rotatable bonds is 5. The number of hydrogen-bond acceptors (Lipinski definition) is 4. The molecule has 2 aromatic heterocycles. The lowest BCUT2D eigenvalue weighted by Gasteiger charge is -2.12. The van der Waals surface area contributed by atoms with Crippen molar-refractivity contribution >= 4 is 28.8 Å².